The third kappa shape index (κ3) is 7.92. The topological polar surface area (TPSA) is 24.1 Å². The fourth-order valence-electron chi connectivity index (χ4n) is 0.361. The Balaban J connectivity index is 3.28. The summed E-state index contributed by atoms with van der Waals surface area (Å²) in [7, 11) is 0. The molecule has 0 bridgehead atoms. The molecular weight excluding hydrogens is 112 g/mol. The Kier molecular flexibility index (Phi) is 3.15. The van der Waals surface area contributed by atoms with Gasteiger partial charge in [-0.25, -0.2) is 0 Å². The third-order valence-corrected chi connectivity index (χ3v) is 0.736. The van der Waals surface area contributed by atoms with Gasteiger partial charge in [-0.05, 0) is 34.6 Å². The van der Waals surface area contributed by atoms with E-state index in [1.165, 1.54) is 0 Å². The van der Waals surface area contributed by atoms with Crippen LogP contribution in [0.15, 0.2) is 0 Å². The zero-order chi connectivity index (χ0) is 7.49. The molecule has 0 rings (SSSR count). The lowest BCUT2D eigenvalue weighted by molar-refractivity contribution is 0.333. The first kappa shape index (κ1) is 8.92. The van der Waals surface area contributed by atoms with Gasteiger partial charge in [0.15, 0.2) is 0 Å². The number of rotatable bonds is 2. The van der Waals surface area contributed by atoms with Crippen LogP contribution in [0.5, 0.6) is 0 Å². The van der Waals surface area contributed by atoms with E-state index in [0.29, 0.717) is 6.04 Å². The van der Waals surface area contributed by atoms with Crippen LogP contribution in [0.25, 0.3) is 0 Å². The van der Waals surface area contributed by atoms with Gasteiger partial charge in [0.2, 0.25) is 0 Å². The van der Waals surface area contributed by atoms with Crippen molar-refractivity contribution in [2.24, 2.45) is 0 Å². The molecule has 0 atom stereocenters. The van der Waals surface area contributed by atoms with Crippen LogP contribution < -0.4 is 10.9 Å². The van der Waals surface area contributed by atoms with Crippen molar-refractivity contribution >= 4 is 0 Å². The smallest absolute Gasteiger partial charge is 0.0239 e. The summed E-state index contributed by atoms with van der Waals surface area (Å²) >= 11 is 0. The molecule has 0 saturated carbocycles. The Morgan fingerprint density at radius 1 is 1.11 bits per heavy atom. The second-order valence-corrected chi connectivity index (χ2v) is 3.67. The minimum Gasteiger partial charge on any atom is -0.255 e. The summed E-state index contributed by atoms with van der Waals surface area (Å²) in [6.45, 7) is 10.6. The summed E-state index contributed by atoms with van der Waals surface area (Å²) in [5, 5.41) is 0. The molecule has 0 heterocycles. The molecule has 0 aliphatic rings. The minimum absolute atomic E-state index is 0.171. The van der Waals surface area contributed by atoms with Crippen LogP contribution in [0.1, 0.15) is 34.6 Å². The van der Waals surface area contributed by atoms with Crippen LogP contribution in [0.2, 0.25) is 0 Å². The lowest BCUT2D eigenvalue weighted by Gasteiger charge is -2.22. The zero-order valence-electron chi connectivity index (χ0n) is 7.08. The predicted molar refractivity (Wildman–Crippen MR) is 41.2 cm³/mol. The Labute approximate surface area is 58.0 Å². The zero-order valence-corrected chi connectivity index (χ0v) is 7.08. The second kappa shape index (κ2) is 3.18. The van der Waals surface area contributed by atoms with Crippen molar-refractivity contribution in [2.45, 2.75) is 46.2 Å². The van der Waals surface area contributed by atoms with Crippen molar-refractivity contribution in [1.29, 1.82) is 0 Å². The van der Waals surface area contributed by atoms with E-state index in [4.69, 9.17) is 0 Å². The molecule has 0 radical (unpaired) electrons. The highest BCUT2D eigenvalue weighted by molar-refractivity contribution is 4.67. The first-order valence-electron chi connectivity index (χ1n) is 3.44. The summed E-state index contributed by atoms with van der Waals surface area (Å²) in [6, 6.07) is 0.504. The fraction of sp³-hybridized carbons (Fsp3) is 1.00. The molecule has 0 aromatic heterocycles. The fourth-order valence-corrected chi connectivity index (χ4v) is 0.361. The minimum atomic E-state index is 0.171. The monoisotopic (exact) mass is 130 g/mol. The lowest BCUT2D eigenvalue weighted by atomic mass is 10.1. The van der Waals surface area contributed by atoms with Gasteiger partial charge in [0.05, 0.1) is 0 Å². The summed E-state index contributed by atoms with van der Waals surface area (Å²) in [5.74, 6) is 0. The second-order valence-electron chi connectivity index (χ2n) is 3.67. The maximum atomic E-state index is 3.17. The van der Waals surface area contributed by atoms with E-state index in [1.807, 2.05) is 0 Å². The van der Waals surface area contributed by atoms with Gasteiger partial charge in [0.1, 0.15) is 0 Å². The lowest BCUT2D eigenvalue weighted by Crippen LogP contribution is -2.48. The van der Waals surface area contributed by atoms with E-state index >= 15 is 0 Å². The number of hydrogen-bond donors (Lipinski definition) is 2. The molecule has 56 valence electrons. The van der Waals surface area contributed by atoms with E-state index in [-0.39, 0.29) is 5.54 Å². The molecule has 2 nitrogen and oxygen atoms in total. The summed E-state index contributed by atoms with van der Waals surface area (Å²) < 4.78 is 0. The van der Waals surface area contributed by atoms with E-state index in [0.717, 1.165) is 0 Å². The van der Waals surface area contributed by atoms with E-state index in [2.05, 4.69) is 45.5 Å². The van der Waals surface area contributed by atoms with Crippen LogP contribution in [-0.4, -0.2) is 11.6 Å². The average Bonchev–Trinajstić information content (AvgIpc) is 1.59. The number of hydrazine groups is 1. The maximum absolute atomic E-state index is 3.17. The average molecular weight is 130 g/mol. The summed E-state index contributed by atoms with van der Waals surface area (Å²) in [5.41, 5.74) is 6.48. The molecule has 0 saturated heterocycles. The van der Waals surface area contributed by atoms with Crippen molar-refractivity contribution in [3.63, 3.8) is 0 Å². The largest absolute Gasteiger partial charge is 0.255 e. The van der Waals surface area contributed by atoms with Gasteiger partial charge in [-0.15, -0.1) is 0 Å². The van der Waals surface area contributed by atoms with Crippen molar-refractivity contribution in [3.8, 4) is 0 Å². The van der Waals surface area contributed by atoms with Crippen molar-refractivity contribution < 1.29 is 0 Å². The molecular formula is C7H18N2. The van der Waals surface area contributed by atoms with E-state index in [1.54, 1.807) is 0 Å². The predicted octanol–water partition coefficient (Wildman–Crippen LogP) is 1.29. The highest BCUT2D eigenvalue weighted by atomic mass is 15.4. The standard InChI is InChI=1S/C7H18N2/c1-6(2)8-9-7(3,4)5/h6,8-9H,1-5H3. The summed E-state index contributed by atoms with van der Waals surface area (Å²) in [4.78, 5) is 0. The van der Waals surface area contributed by atoms with Gasteiger partial charge in [0, 0.05) is 11.6 Å². The van der Waals surface area contributed by atoms with Gasteiger partial charge in [0.25, 0.3) is 0 Å². The number of hydrogen-bond acceptors (Lipinski definition) is 2. The Bertz CT molecular complexity index is 71.5. The van der Waals surface area contributed by atoms with Crippen LogP contribution in [-0.2, 0) is 0 Å². The molecule has 2 heteroatoms. The van der Waals surface area contributed by atoms with Crippen LogP contribution in [0.4, 0.5) is 0 Å². The van der Waals surface area contributed by atoms with E-state index < -0.39 is 0 Å². The van der Waals surface area contributed by atoms with Crippen molar-refractivity contribution in [2.75, 3.05) is 0 Å². The Morgan fingerprint density at radius 3 is 1.67 bits per heavy atom. The third-order valence-electron chi connectivity index (χ3n) is 0.736. The molecule has 2 N–H and O–H groups in total. The normalized spacial score (nSPS) is 12.7. The highest BCUT2D eigenvalue weighted by Gasteiger charge is 2.07. The highest BCUT2D eigenvalue weighted by Crippen LogP contribution is 1.95. The molecule has 0 aromatic carbocycles. The number of nitrogens with one attached hydrogen (secondary N) is 2. The first-order chi connectivity index (χ1) is 3.92. The maximum Gasteiger partial charge on any atom is 0.0239 e. The van der Waals surface area contributed by atoms with E-state index in [9.17, 15) is 0 Å². The molecule has 0 aliphatic heterocycles. The first-order valence-corrected chi connectivity index (χ1v) is 3.44. The molecule has 0 aromatic rings. The van der Waals surface area contributed by atoms with Gasteiger partial charge >= 0.3 is 0 Å². The molecule has 0 fully saturated rings. The van der Waals surface area contributed by atoms with Gasteiger partial charge < -0.3 is 0 Å². The van der Waals surface area contributed by atoms with Crippen molar-refractivity contribution in [1.82, 2.24) is 10.9 Å². The van der Waals surface area contributed by atoms with Crippen LogP contribution in [0.3, 0.4) is 0 Å². The molecule has 0 unspecified atom stereocenters. The van der Waals surface area contributed by atoms with Crippen molar-refractivity contribution in [3.05, 3.63) is 0 Å². The SMILES string of the molecule is CC(C)NNC(C)(C)C. The molecule has 0 spiro atoms. The van der Waals surface area contributed by atoms with Gasteiger partial charge in [-0.3, -0.25) is 10.9 Å². The van der Waals surface area contributed by atoms with Gasteiger partial charge in [-0.2, -0.15) is 0 Å². The Morgan fingerprint density at radius 2 is 1.56 bits per heavy atom. The Hall–Kier alpha value is -0.0800. The molecule has 9 heavy (non-hydrogen) atoms. The van der Waals surface area contributed by atoms with Crippen LogP contribution >= 0.6 is 0 Å². The molecule has 0 aliphatic carbocycles. The summed E-state index contributed by atoms with van der Waals surface area (Å²) in [6.07, 6.45) is 0. The van der Waals surface area contributed by atoms with Gasteiger partial charge in [-0.1, -0.05) is 0 Å². The van der Waals surface area contributed by atoms with Crippen LogP contribution in [0, 0.1) is 0 Å². The molecule has 0 amide bonds. The quantitative estimate of drug-likeness (QED) is 0.550.